The number of carbonyl (C=O) groups is 2. The fourth-order valence-corrected chi connectivity index (χ4v) is 4.94. The lowest BCUT2D eigenvalue weighted by Gasteiger charge is -2.32. The molecule has 2 amide bonds. The molecule has 0 aliphatic carbocycles. The molecule has 3 aromatic rings. The molecule has 3 aromatic carbocycles. The summed E-state index contributed by atoms with van der Waals surface area (Å²) in [6.07, 6.45) is 0. The van der Waals surface area contributed by atoms with E-state index in [0.717, 1.165) is 4.31 Å². The molecule has 158 valence electrons. The van der Waals surface area contributed by atoms with E-state index in [-0.39, 0.29) is 23.0 Å². The highest BCUT2D eigenvalue weighted by Gasteiger charge is 2.32. The van der Waals surface area contributed by atoms with Gasteiger partial charge in [0, 0.05) is 5.02 Å². The minimum atomic E-state index is -4.07. The number of nitrogens with one attached hydrogen (secondary N) is 1. The van der Waals surface area contributed by atoms with E-state index in [4.69, 9.17) is 11.6 Å². The van der Waals surface area contributed by atoms with Crippen molar-refractivity contribution >= 4 is 50.5 Å². The first-order valence-corrected chi connectivity index (χ1v) is 11.2. The van der Waals surface area contributed by atoms with Crippen molar-refractivity contribution in [2.75, 3.05) is 27.6 Å². The number of nitrogens with zero attached hydrogens (tertiary/aromatic N) is 2. The molecule has 1 aliphatic heterocycles. The van der Waals surface area contributed by atoms with E-state index < -0.39 is 22.5 Å². The van der Waals surface area contributed by atoms with Gasteiger partial charge in [0.05, 0.1) is 22.0 Å². The maximum Gasteiger partial charge on any atom is 0.264 e. The third kappa shape index (κ3) is 4.26. The van der Waals surface area contributed by atoms with Crippen LogP contribution in [0.4, 0.5) is 17.1 Å². The molecule has 0 bridgehead atoms. The van der Waals surface area contributed by atoms with E-state index in [2.05, 4.69) is 5.32 Å². The molecule has 1 heterocycles. The molecule has 0 spiro atoms. The Kier molecular flexibility index (Phi) is 5.67. The summed E-state index contributed by atoms with van der Waals surface area (Å²) >= 11 is 6.09. The van der Waals surface area contributed by atoms with Crippen molar-refractivity contribution in [3.63, 3.8) is 0 Å². The lowest BCUT2D eigenvalue weighted by atomic mass is 10.2. The monoisotopic (exact) mass is 455 g/mol. The number of fused-ring (bicyclic) bond motifs is 1. The SMILES string of the molecule is O=C1CN(C(=O)CN(c2cccc(Cl)c2)S(=O)(=O)c2ccccc2)c2ccccc2N1. The zero-order valence-electron chi connectivity index (χ0n) is 16.2. The second kappa shape index (κ2) is 8.41. The number of para-hydroxylation sites is 2. The van der Waals surface area contributed by atoms with Crippen LogP contribution in [0.15, 0.2) is 83.8 Å². The largest absolute Gasteiger partial charge is 0.323 e. The minimum absolute atomic E-state index is 0.0413. The number of hydrogen-bond donors (Lipinski definition) is 1. The summed E-state index contributed by atoms with van der Waals surface area (Å²) in [4.78, 5) is 26.7. The molecule has 1 N–H and O–H groups in total. The second-order valence-electron chi connectivity index (χ2n) is 6.85. The highest BCUT2D eigenvalue weighted by Crippen LogP contribution is 2.31. The Labute approximate surface area is 184 Å². The van der Waals surface area contributed by atoms with Gasteiger partial charge in [0.15, 0.2) is 0 Å². The smallest absolute Gasteiger partial charge is 0.264 e. The number of hydrogen-bond acceptors (Lipinski definition) is 4. The first kappa shape index (κ1) is 20.9. The van der Waals surface area contributed by atoms with Crippen LogP contribution in [0.5, 0.6) is 0 Å². The van der Waals surface area contributed by atoms with Crippen LogP contribution >= 0.6 is 11.6 Å². The number of benzene rings is 3. The zero-order chi connectivity index (χ0) is 22.0. The third-order valence-electron chi connectivity index (χ3n) is 4.78. The van der Waals surface area contributed by atoms with Crippen LogP contribution in [0.25, 0.3) is 0 Å². The molecule has 0 saturated carbocycles. The molecule has 0 aromatic heterocycles. The molecule has 1 aliphatic rings. The van der Waals surface area contributed by atoms with Crippen molar-refractivity contribution in [1.29, 1.82) is 0 Å². The Bertz CT molecular complexity index is 1250. The number of amides is 2. The average Bonchev–Trinajstić information content (AvgIpc) is 2.77. The molecule has 0 atom stereocenters. The predicted molar refractivity (Wildman–Crippen MR) is 120 cm³/mol. The van der Waals surface area contributed by atoms with Gasteiger partial charge in [-0.2, -0.15) is 0 Å². The van der Waals surface area contributed by atoms with Crippen LogP contribution in [0.3, 0.4) is 0 Å². The lowest BCUT2D eigenvalue weighted by Crippen LogP contribution is -2.48. The lowest BCUT2D eigenvalue weighted by molar-refractivity contribution is -0.121. The van der Waals surface area contributed by atoms with Gasteiger partial charge in [-0.1, -0.05) is 48.0 Å². The van der Waals surface area contributed by atoms with E-state index in [0.29, 0.717) is 16.4 Å². The van der Waals surface area contributed by atoms with Crippen molar-refractivity contribution in [1.82, 2.24) is 0 Å². The molecule has 4 rings (SSSR count). The van der Waals surface area contributed by atoms with Gasteiger partial charge in [0.2, 0.25) is 11.8 Å². The average molecular weight is 456 g/mol. The van der Waals surface area contributed by atoms with Crippen molar-refractivity contribution in [2.45, 2.75) is 4.90 Å². The number of halogens is 1. The van der Waals surface area contributed by atoms with Crippen LogP contribution in [0.2, 0.25) is 5.02 Å². The fraction of sp³-hybridized carbons (Fsp3) is 0.0909. The number of carbonyl (C=O) groups excluding carboxylic acids is 2. The van der Waals surface area contributed by atoms with Crippen molar-refractivity contribution < 1.29 is 18.0 Å². The van der Waals surface area contributed by atoms with Gasteiger partial charge in [-0.3, -0.25) is 18.8 Å². The van der Waals surface area contributed by atoms with E-state index in [1.54, 1.807) is 60.7 Å². The number of sulfonamides is 1. The van der Waals surface area contributed by atoms with Crippen molar-refractivity contribution in [2.24, 2.45) is 0 Å². The van der Waals surface area contributed by atoms with E-state index in [9.17, 15) is 18.0 Å². The second-order valence-corrected chi connectivity index (χ2v) is 9.15. The van der Waals surface area contributed by atoms with Gasteiger partial charge in [-0.05, 0) is 42.5 Å². The fourth-order valence-electron chi connectivity index (χ4n) is 3.33. The molecule has 0 radical (unpaired) electrons. The molecule has 7 nitrogen and oxygen atoms in total. The highest BCUT2D eigenvalue weighted by atomic mass is 35.5. The molecule has 0 saturated heterocycles. The van der Waals surface area contributed by atoms with Gasteiger partial charge in [0.25, 0.3) is 10.0 Å². The minimum Gasteiger partial charge on any atom is -0.323 e. The Morgan fingerprint density at radius 3 is 2.45 bits per heavy atom. The Morgan fingerprint density at radius 2 is 1.71 bits per heavy atom. The zero-order valence-corrected chi connectivity index (χ0v) is 17.8. The molecular formula is C22H18ClN3O4S. The van der Waals surface area contributed by atoms with Crippen LogP contribution in [0.1, 0.15) is 0 Å². The topological polar surface area (TPSA) is 86.8 Å². The summed E-state index contributed by atoms with van der Waals surface area (Å²) in [5, 5.41) is 3.05. The molecule has 9 heteroatoms. The van der Waals surface area contributed by atoms with Crippen LogP contribution in [-0.2, 0) is 19.6 Å². The normalized spacial score (nSPS) is 13.3. The summed E-state index contributed by atoms with van der Waals surface area (Å²) in [6, 6.07) is 21.0. The summed E-state index contributed by atoms with van der Waals surface area (Å²) in [5.41, 5.74) is 1.25. The van der Waals surface area contributed by atoms with Gasteiger partial charge >= 0.3 is 0 Å². The van der Waals surface area contributed by atoms with Gasteiger partial charge in [-0.25, -0.2) is 8.42 Å². The Balaban J connectivity index is 1.74. The summed E-state index contributed by atoms with van der Waals surface area (Å²) in [7, 11) is -4.07. The standard InChI is InChI=1S/C22H18ClN3O4S/c23-16-7-6-8-17(13-16)26(31(29,30)18-9-2-1-3-10-18)15-22(28)25-14-21(27)24-19-11-4-5-12-20(19)25/h1-13H,14-15H2,(H,24,27). The first-order chi connectivity index (χ1) is 14.9. The summed E-state index contributed by atoms with van der Waals surface area (Å²) < 4.78 is 27.8. The van der Waals surface area contributed by atoms with E-state index >= 15 is 0 Å². The maximum absolute atomic E-state index is 13.4. The highest BCUT2D eigenvalue weighted by molar-refractivity contribution is 7.92. The summed E-state index contributed by atoms with van der Waals surface area (Å²) in [5.74, 6) is -0.894. The number of rotatable bonds is 5. The number of anilines is 3. The quantitative estimate of drug-likeness (QED) is 0.637. The Morgan fingerprint density at radius 1 is 1.00 bits per heavy atom. The molecule has 0 fully saturated rings. The van der Waals surface area contributed by atoms with E-state index in [1.165, 1.54) is 23.1 Å². The molecule has 0 unspecified atom stereocenters. The van der Waals surface area contributed by atoms with Crippen LogP contribution in [0, 0.1) is 0 Å². The molecular weight excluding hydrogens is 438 g/mol. The van der Waals surface area contributed by atoms with Crippen LogP contribution in [-0.4, -0.2) is 33.3 Å². The van der Waals surface area contributed by atoms with Crippen molar-refractivity contribution in [3.05, 3.63) is 83.9 Å². The van der Waals surface area contributed by atoms with Crippen LogP contribution < -0.4 is 14.5 Å². The predicted octanol–water partition coefficient (Wildman–Crippen LogP) is 3.52. The first-order valence-electron chi connectivity index (χ1n) is 9.39. The van der Waals surface area contributed by atoms with Gasteiger partial charge in [0.1, 0.15) is 13.1 Å². The molecule has 31 heavy (non-hydrogen) atoms. The maximum atomic E-state index is 13.4. The van der Waals surface area contributed by atoms with Crippen molar-refractivity contribution in [3.8, 4) is 0 Å². The van der Waals surface area contributed by atoms with Gasteiger partial charge in [-0.15, -0.1) is 0 Å². The van der Waals surface area contributed by atoms with E-state index in [1.807, 2.05) is 0 Å². The third-order valence-corrected chi connectivity index (χ3v) is 6.80. The Hall–Kier alpha value is -3.36. The van der Waals surface area contributed by atoms with Gasteiger partial charge < -0.3 is 5.32 Å². The summed E-state index contributed by atoms with van der Waals surface area (Å²) in [6.45, 7) is -0.705.